The van der Waals surface area contributed by atoms with Crippen molar-refractivity contribution in [3.63, 3.8) is 0 Å². The van der Waals surface area contributed by atoms with Crippen LogP contribution >= 0.6 is 63.0 Å². The molecule has 0 aromatic heterocycles. The van der Waals surface area contributed by atoms with E-state index in [-0.39, 0.29) is 5.11 Å². The lowest BCUT2D eigenvalue weighted by molar-refractivity contribution is 0.0934. The highest BCUT2D eigenvalue weighted by atomic mass is 79.9. The zero-order valence-corrected chi connectivity index (χ0v) is 18.6. The minimum atomic E-state index is -1.84. The zero-order valence-electron chi connectivity index (χ0n) is 13.9. The fourth-order valence-electron chi connectivity index (χ4n) is 2.03. The molecule has 0 aliphatic rings. The summed E-state index contributed by atoms with van der Waals surface area (Å²) in [6, 6.07) is 14.0. The van der Waals surface area contributed by atoms with E-state index in [1.54, 1.807) is 55.6 Å². The monoisotopic (exact) mass is 509 g/mol. The van der Waals surface area contributed by atoms with Gasteiger partial charge in [-0.1, -0.05) is 46.9 Å². The van der Waals surface area contributed by atoms with Gasteiger partial charge < -0.3 is 20.7 Å². The van der Waals surface area contributed by atoms with Gasteiger partial charge in [-0.3, -0.25) is 4.79 Å². The molecule has 0 fully saturated rings. The maximum Gasteiger partial charge on any atom is 0.254 e. The molecule has 0 unspecified atom stereocenters. The van der Waals surface area contributed by atoms with Crippen LogP contribution < -0.4 is 20.7 Å². The summed E-state index contributed by atoms with van der Waals surface area (Å²) in [5, 5.41) is 8.54. The van der Waals surface area contributed by atoms with Crippen LogP contribution in [-0.4, -0.2) is 28.1 Å². The van der Waals surface area contributed by atoms with E-state index in [0.717, 1.165) is 0 Å². The predicted molar refractivity (Wildman–Crippen MR) is 118 cm³/mol. The molecule has 0 saturated heterocycles. The first-order valence-corrected chi connectivity index (χ1v) is 9.88. The number of benzene rings is 2. The molecule has 0 heterocycles. The molecule has 144 valence electrons. The van der Waals surface area contributed by atoms with E-state index in [4.69, 9.17) is 51.8 Å². The standard InChI is InChI=1S/C17H15BrCl3N3O2S/c1-26-11-8-6-10(7-9-11)22-16(27)24-15(17(19,20)21)23-14(25)12-4-2-3-5-13(12)18/h2-9,15H,1H3,(H,23,25)(H2,22,24,27)/t15-/m1/s1. The number of carbonyl (C=O) groups is 1. The minimum Gasteiger partial charge on any atom is -0.497 e. The first-order chi connectivity index (χ1) is 12.7. The molecular formula is C17H15BrCl3N3O2S. The van der Waals surface area contributed by atoms with Gasteiger partial charge >= 0.3 is 0 Å². The van der Waals surface area contributed by atoms with Gasteiger partial charge in [0.15, 0.2) is 5.11 Å². The number of ether oxygens (including phenoxy) is 1. The molecule has 3 N–H and O–H groups in total. The van der Waals surface area contributed by atoms with Crippen LogP contribution in [0, 0.1) is 0 Å². The molecule has 0 radical (unpaired) electrons. The molecule has 5 nitrogen and oxygen atoms in total. The van der Waals surface area contributed by atoms with Gasteiger partial charge in [-0.2, -0.15) is 0 Å². The Balaban J connectivity index is 2.06. The Labute approximate surface area is 185 Å². The Kier molecular flexibility index (Phi) is 8.00. The predicted octanol–water partition coefficient (Wildman–Crippen LogP) is 4.87. The van der Waals surface area contributed by atoms with Crippen molar-refractivity contribution in [2.75, 3.05) is 12.4 Å². The number of anilines is 1. The first kappa shape index (κ1) is 22.0. The minimum absolute atomic E-state index is 0.170. The lowest BCUT2D eigenvalue weighted by Gasteiger charge is -2.28. The number of hydrogen-bond donors (Lipinski definition) is 3. The molecule has 2 rings (SSSR count). The van der Waals surface area contributed by atoms with Crippen molar-refractivity contribution >= 4 is 79.7 Å². The van der Waals surface area contributed by atoms with E-state index >= 15 is 0 Å². The molecule has 1 amide bonds. The van der Waals surface area contributed by atoms with E-state index in [1.807, 2.05) is 0 Å². The summed E-state index contributed by atoms with van der Waals surface area (Å²) in [5.41, 5.74) is 1.10. The summed E-state index contributed by atoms with van der Waals surface area (Å²) in [5.74, 6) is 0.276. The Bertz CT molecular complexity index is 816. The molecule has 10 heteroatoms. The summed E-state index contributed by atoms with van der Waals surface area (Å²) in [6.07, 6.45) is -1.07. The van der Waals surface area contributed by atoms with Crippen molar-refractivity contribution in [1.29, 1.82) is 0 Å². The van der Waals surface area contributed by atoms with E-state index < -0.39 is 15.9 Å². The number of halogens is 4. The van der Waals surface area contributed by atoms with Gasteiger partial charge in [0.25, 0.3) is 5.91 Å². The number of nitrogens with one attached hydrogen (secondary N) is 3. The van der Waals surface area contributed by atoms with Crippen LogP contribution in [0.5, 0.6) is 5.75 Å². The molecule has 2 aromatic rings. The summed E-state index contributed by atoms with van der Waals surface area (Å²) in [7, 11) is 1.58. The van der Waals surface area contributed by atoms with Crippen molar-refractivity contribution in [2.24, 2.45) is 0 Å². The Hall–Kier alpha value is -1.25. The highest BCUT2D eigenvalue weighted by Gasteiger charge is 2.35. The van der Waals surface area contributed by atoms with Crippen LogP contribution in [0.1, 0.15) is 10.4 Å². The maximum atomic E-state index is 12.5. The van der Waals surface area contributed by atoms with Crippen LogP contribution in [0.3, 0.4) is 0 Å². The largest absolute Gasteiger partial charge is 0.497 e. The fraction of sp³-hybridized carbons (Fsp3) is 0.176. The van der Waals surface area contributed by atoms with E-state index in [1.165, 1.54) is 0 Å². The van der Waals surface area contributed by atoms with Gasteiger partial charge in [0, 0.05) is 10.2 Å². The van der Waals surface area contributed by atoms with E-state index in [0.29, 0.717) is 21.5 Å². The van der Waals surface area contributed by atoms with Crippen LogP contribution in [0.15, 0.2) is 53.0 Å². The number of hydrogen-bond acceptors (Lipinski definition) is 3. The van der Waals surface area contributed by atoms with Gasteiger partial charge in [0.1, 0.15) is 11.9 Å². The quantitative estimate of drug-likeness (QED) is 0.304. The van der Waals surface area contributed by atoms with Gasteiger partial charge in [0.05, 0.1) is 12.7 Å². The normalized spacial score (nSPS) is 12.0. The molecule has 0 saturated carbocycles. The van der Waals surface area contributed by atoms with Crippen molar-refractivity contribution in [3.05, 3.63) is 58.6 Å². The molecular weight excluding hydrogens is 497 g/mol. The van der Waals surface area contributed by atoms with Crippen LogP contribution in [0.25, 0.3) is 0 Å². The Morgan fingerprint density at radius 2 is 1.74 bits per heavy atom. The topological polar surface area (TPSA) is 62.4 Å². The van der Waals surface area contributed by atoms with Crippen LogP contribution in [0.4, 0.5) is 5.69 Å². The molecule has 0 spiro atoms. The van der Waals surface area contributed by atoms with Gasteiger partial charge in [0.2, 0.25) is 3.79 Å². The number of carbonyl (C=O) groups excluding carboxylic acids is 1. The van der Waals surface area contributed by atoms with Crippen molar-refractivity contribution in [2.45, 2.75) is 9.96 Å². The van der Waals surface area contributed by atoms with Gasteiger partial charge in [-0.15, -0.1) is 0 Å². The van der Waals surface area contributed by atoms with E-state index in [2.05, 4.69) is 31.9 Å². The average Bonchev–Trinajstić information content (AvgIpc) is 2.61. The molecule has 0 aliphatic heterocycles. The highest BCUT2D eigenvalue weighted by Crippen LogP contribution is 2.29. The summed E-state index contributed by atoms with van der Waals surface area (Å²) in [6.45, 7) is 0. The first-order valence-electron chi connectivity index (χ1n) is 7.54. The smallest absolute Gasteiger partial charge is 0.254 e. The lowest BCUT2D eigenvalue weighted by Crippen LogP contribution is -2.56. The lowest BCUT2D eigenvalue weighted by atomic mass is 10.2. The third-order valence-electron chi connectivity index (χ3n) is 3.34. The third-order valence-corrected chi connectivity index (χ3v) is 4.91. The summed E-state index contributed by atoms with van der Waals surface area (Å²) in [4.78, 5) is 12.5. The molecule has 0 aliphatic carbocycles. The van der Waals surface area contributed by atoms with Crippen LogP contribution in [-0.2, 0) is 0 Å². The molecule has 27 heavy (non-hydrogen) atoms. The number of rotatable bonds is 5. The number of amides is 1. The number of methoxy groups -OCH3 is 1. The van der Waals surface area contributed by atoms with Crippen molar-refractivity contribution in [1.82, 2.24) is 10.6 Å². The summed E-state index contributed by atoms with van der Waals surface area (Å²) >= 11 is 26.5. The second-order valence-electron chi connectivity index (χ2n) is 5.25. The van der Waals surface area contributed by atoms with Gasteiger partial charge in [-0.25, -0.2) is 0 Å². The number of alkyl halides is 3. The highest BCUT2D eigenvalue weighted by molar-refractivity contribution is 9.10. The second-order valence-corrected chi connectivity index (χ2v) is 8.89. The Morgan fingerprint density at radius 1 is 1.11 bits per heavy atom. The Morgan fingerprint density at radius 3 is 2.30 bits per heavy atom. The van der Waals surface area contributed by atoms with E-state index in [9.17, 15) is 4.79 Å². The third kappa shape index (κ3) is 6.69. The van der Waals surface area contributed by atoms with Crippen molar-refractivity contribution < 1.29 is 9.53 Å². The fourth-order valence-corrected chi connectivity index (χ4v) is 3.05. The molecule has 1 atom stereocenters. The maximum absolute atomic E-state index is 12.5. The average molecular weight is 512 g/mol. The zero-order chi connectivity index (χ0) is 20.0. The van der Waals surface area contributed by atoms with Gasteiger partial charge in [-0.05, 0) is 64.5 Å². The molecule has 0 bridgehead atoms. The second kappa shape index (κ2) is 9.80. The van der Waals surface area contributed by atoms with Crippen LogP contribution in [0.2, 0.25) is 0 Å². The molecule has 2 aromatic carbocycles. The summed E-state index contributed by atoms with van der Waals surface area (Å²) < 4.78 is 3.87. The number of thiocarbonyl (C=S) groups is 1. The van der Waals surface area contributed by atoms with Crippen molar-refractivity contribution in [3.8, 4) is 5.75 Å². The SMILES string of the molecule is COc1ccc(NC(=S)N[C@@H](NC(=O)c2ccccc2Br)C(Cl)(Cl)Cl)cc1.